The van der Waals surface area contributed by atoms with Crippen LogP contribution in [0.2, 0.25) is 0 Å². The molecule has 0 fully saturated rings. The number of carbonyl (C=O) groups is 1. The van der Waals surface area contributed by atoms with E-state index in [0.717, 1.165) is 16.9 Å². The SMILES string of the molecule is Cc1ccc(N)cc1NC(=O)COc1ccccc1C(C)C. The van der Waals surface area contributed by atoms with Crippen molar-refractivity contribution in [3.63, 3.8) is 0 Å². The Hall–Kier alpha value is -2.49. The molecule has 0 saturated carbocycles. The molecule has 116 valence electrons. The zero-order valence-corrected chi connectivity index (χ0v) is 13.2. The fourth-order valence-electron chi connectivity index (χ4n) is 2.19. The lowest BCUT2D eigenvalue weighted by Gasteiger charge is -2.14. The second-order valence-electron chi connectivity index (χ2n) is 5.60. The topological polar surface area (TPSA) is 64.3 Å². The molecule has 4 heteroatoms. The lowest BCUT2D eigenvalue weighted by atomic mass is 10.0. The van der Waals surface area contributed by atoms with Gasteiger partial charge in [-0.05, 0) is 42.2 Å². The van der Waals surface area contributed by atoms with Crippen molar-refractivity contribution in [3.8, 4) is 5.75 Å². The molecule has 1 amide bonds. The van der Waals surface area contributed by atoms with Gasteiger partial charge in [0.2, 0.25) is 0 Å². The molecule has 3 N–H and O–H groups in total. The Morgan fingerprint density at radius 1 is 1.23 bits per heavy atom. The minimum Gasteiger partial charge on any atom is -0.483 e. The average Bonchev–Trinajstić information content (AvgIpc) is 2.49. The maximum absolute atomic E-state index is 12.1. The summed E-state index contributed by atoms with van der Waals surface area (Å²) in [5.74, 6) is 0.889. The number of anilines is 2. The molecule has 0 aliphatic heterocycles. The summed E-state index contributed by atoms with van der Waals surface area (Å²) >= 11 is 0. The van der Waals surface area contributed by atoms with Crippen LogP contribution in [0, 0.1) is 6.92 Å². The molecule has 0 radical (unpaired) electrons. The predicted molar refractivity (Wildman–Crippen MR) is 90.2 cm³/mol. The fourth-order valence-corrected chi connectivity index (χ4v) is 2.19. The number of nitrogen functional groups attached to an aromatic ring is 1. The summed E-state index contributed by atoms with van der Waals surface area (Å²) in [6.07, 6.45) is 0. The fraction of sp³-hybridized carbons (Fsp3) is 0.278. The first-order valence-corrected chi connectivity index (χ1v) is 7.35. The molecule has 0 aliphatic rings. The van der Waals surface area contributed by atoms with Gasteiger partial charge in [-0.15, -0.1) is 0 Å². The van der Waals surface area contributed by atoms with Gasteiger partial charge in [-0.25, -0.2) is 0 Å². The minimum atomic E-state index is -0.202. The normalized spacial score (nSPS) is 10.5. The van der Waals surface area contributed by atoms with E-state index in [4.69, 9.17) is 10.5 Å². The Labute approximate surface area is 131 Å². The Kier molecular flexibility index (Phi) is 5.04. The number of nitrogens with two attached hydrogens (primary N) is 1. The smallest absolute Gasteiger partial charge is 0.262 e. The molecule has 0 aromatic heterocycles. The standard InChI is InChI=1S/C18H22N2O2/c1-12(2)15-6-4-5-7-17(15)22-11-18(21)20-16-10-14(19)9-8-13(16)3/h4-10,12H,11,19H2,1-3H3,(H,20,21). The van der Waals surface area contributed by atoms with Gasteiger partial charge in [0.1, 0.15) is 5.75 Å². The van der Waals surface area contributed by atoms with E-state index in [1.54, 1.807) is 12.1 Å². The molecule has 22 heavy (non-hydrogen) atoms. The van der Waals surface area contributed by atoms with Crippen LogP contribution in [0.4, 0.5) is 11.4 Å². The molecule has 0 saturated heterocycles. The van der Waals surface area contributed by atoms with Crippen molar-refractivity contribution in [1.82, 2.24) is 0 Å². The molecule has 4 nitrogen and oxygen atoms in total. The van der Waals surface area contributed by atoms with Crippen LogP contribution in [0.1, 0.15) is 30.9 Å². The van der Waals surface area contributed by atoms with Crippen molar-refractivity contribution < 1.29 is 9.53 Å². The maximum Gasteiger partial charge on any atom is 0.262 e. The molecule has 0 bridgehead atoms. The van der Waals surface area contributed by atoms with Gasteiger partial charge in [0.25, 0.3) is 5.91 Å². The number of para-hydroxylation sites is 1. The summed E-state index contributed by atoms with van der Waals surface area (Å²) < 4.78 is 5.66. The van der Waals surface area contributed by atoms with Crippen molar-refractivity contribution in [1.29, 1.82) is 0 Å². The van der Waals surface area contributed by atoms with E-state index >= 15 is 0 Å². The van der Waals surface area contributed by atoms with Gasteiger partial charge in [0, 0.05) is 11.4 Å². The van der Waals surface area contributed by atoms with E-state index in [2.05, 4.69) is 19.2 Å². The molecule has 2 aromatic carbocycles. The van der Waals surface area contributed by atoms with Crippen LogP contribution >= 0.6 is 0 Å². The molecule has 0 spiro atoms. The predicted octanol–water partition coefficient (Wildman–Crippen LogP) is 3.72. The summed E-state index contributed by atoms with van der Waals surface area (Å²) in [5.41, 5.74) is 9.13. The molecular weight excluding hydrogens is 276 g/mol. The highest BCUT2D eigenvalue weighted by atomic mass is 16.5. The van der Waals surface area contributed by atoms with Crippen molar-refractivity contribution in [2.75, 3.05) is 17.7 Å². The van der Waals surface area contributed by atoms with Crippen molar-refractivity contribution in [2.45, 2.75) is 26.7 Å². The zero-order chi connectivity index (χ0) is 16.1. The number of benzene rings is 2. The highest BCUT2D eigenvalue weighted by Crippen LogP contribution is 2.26. The zero-order valence-electron chi connectivity index (χ0n) is 13.2. The third-order valence-corrected chi connectivity index (χ3v) is 3.44. The molecule has 0 aliphatic carbocycles. The van der Waals surface area contributed by atoms with Gasteiger partial charge in [0.15, 0.2) is 6.61 Å². The van der Waals surface area contributed by atoms with Crippen LogP contribution in [-0.4, -0.2) is 12.5 Å². The van der Waals surface area contributed by atoms with Gasteiger partial charge in [-0.1, -0.05) is 38.1 Å². The van der Waals surface area contributed by atoms with Gasteiger partial charge in [-0.2, -0.15) is 0 Å². The number of hydrogen-bond donors (Lipinski definition) is 2. The number of rotatable bonds is 5. The maximum atomic E-state index is 12.1. The quantitative estimate of drug-likeness (QED) is 0.827. The van der Waals surface area contributed by atoms with Crippen LogP contribution in [0.25, 0.3) is 0 Å². The molecule has 2 aromatic rings. The number of nitrogens with one attached hydrogen (secondary N) is 1. The Bertz CT molecular complexity index is 666. The van der Waals surface area contributed by atoms with E-state index in [-0.39, 0.29) is 12.5 Å². The first-order chi connectivity index (χ1) is 10.5. The van der Waals surface area contributed by atoms with E-state index < -0.39 is 0 Å². The summed E-state index contributed by atoms with van der Waals surface area (Å²) in [7, 11) is 0. The van der Waals surface area contributed by atoms with E-state index in [0.29, 0.717) is 17.3 Å². The van der Waals surface area contributed by atoms with E-state index in [9.17, 15) is 4.79 Å². The molecule has 0 unspecified atom stereocenters. The third-order valence-electron chi connectivity index (χ3n) is 3.44. The number of hydrogen-bond acceptors (Lipinski definition) is 3. The van der Waals surface area contributed by atoms with Gasteiger partial charge in [-0.3, -0.25) is 4.79 Å². The summed E-state index contributed by atoms with van der Waals surface area (Å²) in [6, 6.07) is 13.2. The lowest BCUT2D eigenvalue weighted by Crippen LogP contribution is -2.21. The van der Waals surface area contributed by atoms with Crippen molar-refractivity contribution in [2.24, 2.45) is 0 Å². The van der Waals surface area contributed by atoms with Crippen molar-refractivity contribution in [3.05, 3.63) is 53.6 Å². The summed E-state index contributed by atoms with van der Waals surface area (Å²) in [4.78, 5) is 12.1. The molecule has 0 atom stereocenters. The van der Waals surface area contributed by atoms with Gasteiger partial charge >= 0.3 is 0 Å². The molecular formula is C18H22N2O2. The van der Waals surface area contributed by atoms with Crippen LogP contribution in [-0.2, 0) is 4.79 Å². The Morgan fingerprint density at radius 3 is 2.68 bits per heavy atom. The van der Waals surface area contributed by atoms with Crippen LogP contribution < -0.4 is 15.8 Å². The Morgan fingerprint density at radius 2 is 1.95 bits per heavy atom. The second-order valence-corrected chi connectivity index (χ2v) is 5.60. The third kappa shape index (κ3) is 4.01. The second kappa shape index (κ2) is 6.98. The number of carbonyl (C=O) groups excluding carboxylic acids is 1. The highest BCUT2D eigenvalue weighted by Gasteiger charge is 2.10. The summed E-state index contributed by atoms with van der Waals surface area (Å²) in [5, 5.41) is 2.83. The van der Waals surface area contributed by atoms with Crippen molar-refractivity contribution >= 4 is 17.3 Å². The molecule has 0 heterocycles. The highest BCUT2D eigenvalue weighted by molar-refractivity contribution is 5.93. The molecule has 2 rings (SSSR count). The van der Waals surface area contributed by atoms with Crippen LogP contribution in [0.15, 0.2) is 42.5 Å². The van der Waals surface area contributed by atoms with Gasteiger partial charge < -0.3 is 15.8 Å². The van der Waals surface area contributed by atoms with E-state index in [1.807, 2.05) is 37.3 Å². The number of amides is 1. The minimum absolute atomic E-state index is 0.0298. The first kappa shape index (κ1) is 15.9. The van der Waals surface area contributed by atoms with Crippen LogP contribution in [0.3, 0.4) is 0 Å². The number of ether oxygens (including phenoxy) is 1. The monoisotopic (exact) mass is 298 g/mol. The van der Waals surface area contributed by atoms with Crippen LogP contribution in [0.5, 0.6) is 5.75 Å². The lowest BCUT2D eigenvalue weighted by molar-refractivity contribution is -0.118. The summed E-state index contributed by atoms with van der Waals surface area (Å²) in [6.45, 7) is 6.08. The number of aryl methyl sites for hydroxylation is 1. The average molecular weight is 298 g/mol. The largest absolute Gasteiger partial charge is 0.483 e. The van der Waals surface area contributed by atoms with E-state index in [1.165, 1.54) is 0 Å². The Balaban J connectivity index is 2.00. The van der Waals surface area contributed by atoms with Gasteiger partial charge in [0.05, 0.1) is 0 Å². The first-order valence-electron chi connectivity index (χ1n) is 7.35.